The van der Waals surface area contributed by atoms with Gasteiger partial charge in [0, 0.05) is 15.8 Å². The first-order valence-corrected chi connectivity index (χ1v) is 9.73. The van der Waals surface area contributed by atoms with E-state index in [0.29, 0.717) is 25.9 Å². The highest BCUT2D eigenvalue weighted by atomic mass is 16.6. The monoisotopic (exact) mass is 384 g/mol. The van der Waals surface area contributed by atoms with Crippen LogP contribution in [0.15, 0.2) is 11.8 Å². The molecule has 3 atom stereocenters. The Balaban J connectivity index is 2.18. The lowest BCUT2D eigenvalue weighted by molar-refractivity contribution is -0.440. The second-order valence-electron chi connectivity index (χ2n) is 8.77. The number of hydrogen-bond acceptors (Lipinski definition) is 5. The number of carbonyl (C=O) groups is 1. The molecule has 0 spiro atoms. The fourth-order valence-corrected chi connectivity index (χ4v) is 3.74. The topological polar surface area (TPSA) is 81.9 Å². The summed E-state index contributed by atoms with van der Waals surface area (Å²) in [6, 6.07) is 0. The van der Waals surface area contributed by atoms with E-state index in [1.165, 1.54) is 0 Å². The van der Waals surface area contributed by atoms with Crippen LogP contribution in [-0.4, -0.2) is 46.8 Å². The first kappa shape index (κ1) is 18.7. The number of hydrogen-bond donors (Lipinski definition) is 0. The molecule has 1 heterocycles. The molecule has 0 aromatic carbocycles. The van der Waals surface area contributed by atoms with E-state index in [-0.39, 0.29) is 29.7 Å². The van der Waals surface area contributed by atoms with Crippen LogP contribution in [-0.2, 0) is 9.47 Å². The normalized spacial score (nSPS) is 30.4. The van der Waals surface area contributed by atoms with Gasteiger partial charge in [-0.2, -0.15) is 0 Å². The molecule has 3 unspecified atom stereocenters. The lowest BCUT2D eigenvalue weighted by Crippen LogP contribution is -2.44. The molecule has 1 amide bonds. The summed E-state index contributed by atoms with van der Waals surface area (Å²) >= 11 is 0. The van der Waals surface area contributed by atoms with Crippen LogP contribution < -0.4 is 0 Å². The van der Waals surface area contributed by atoms with Crippen LogP contribution in [0.5, 0.6) is 0 Å². The number of likely N-dealkylation sites (tertiary alicyclic amines) is 1. The van der Waals surface area contributed by atoms with Crippen molar-refractivity contribution < 1.29 is 21.9 Å². The molecule has 2 rings (SSSR count). The van der Waals surface area contributed by atoms with Crippen LogP contribution in [0, 0.1) is 27.9 Å². The van der Waals surface area contributed by atoms with Crippen LogP contribution in [0.25, 0.3) is 0 Å². The molecule has 0 aromatic rings. The molecule has 7 heteroatoms. The van der Waals surface area contributed by atoms with E-state index < -0.39 is 28.9 Å². The molecule has 0 saturated carbocycles. The summed E-state index contributed by atoms with van der Waals surface area (Å²) in [5.41, 5.74) is -0.757. The maximum atomic E-state index is 12.3. The molecule has 2 aliphatic rings. The molecule has 1 aliphatic carbocycles. The third-order valence-corrected chi connectivity index (χ3v) is 4.93. The van der Waals surface area contributed by atoms with E-state index in [2.05, 4.69) is 0 Å². The number of amides is 1. The first-order chi connectivity index (χ1) is 13.2. The van der Waals surface area contributed by atoms with Gasteiger partial charge in [-0.15, -0.1) is 0 Å². The minimum Gasteiger partial charge on any atom is -0.444 e. The van der Waals surface area contributed by atoms with E-state index in [9.17, 15) is 14.9 Å². The van der Waals surface area contributed by atoms with Crippen molar-refractivity contribution in [2.24, 2.45) is 17.8 Å². The lowest BCUT2D eigenvalue weighted by Gasteiger charge is -2.40. The largest absolute Gasteiger partial charge is 0.444 e. The summed E-state index contributed by atoms with van der Waals surface area (Å²) in [6.45, 7) is 11.8. The molecular weight excluding hydrogens is 348 g/mol. The highest BCUT2D eigenvalue weighted by molar-refractivity contribution is 5.68. The van der Waals surface area contributed by atoms with Crippen LogP contribution in [0.2, 0.25) is 0 Å². The van der Waals surface area contributed by atoms with E-state index in [0.717, 1.165) is 0 Å². The van der Waals surface area contributed by atoms with Gasteiger partial charge in [0.05, 0.1) is 11.0 Å². The average Bonchev–Trinajstić information content (AvgIpc) is 2.55. The molecule has 0 bridgehead atoms. The van der Waals surface area contributed by atoms with E-state index in [1.54, 1.807) is 24.8 Å². The van der Waals surface area contributed by atoms with Crippen molar-refractivity contribution in [3.63, 3.8) is 0 Å². The Labute approximate surface area is 165 Å². The fourth-order valence-electron chi connectivity index (χ4n) is 3.74. The van der Waals surface area contributed by atoms with E-state index in [1.807, 2.05) is 27.7 Å². The van der Waals surface area contributed by atoms with Crippen molar-refractivity contribution in [1.29, 1.82) is 0 Å². The van der Waals surface area contributed by atoms with Crippen molar-refractivity contribution in [1.82, 2.24) is 4.90 Å². The van der Waals surface area contributed by atoms with Gasteiger partial charge in [0.2, 0.25) is 0 Å². The fraction of sp³-hybridized carbons (Fsp3) is 0.850. The van der Waals surface area contributed by atoms with Crippen molar-refractivity contribution in [3.05, 3.63) is 21.9 Å². The smallest absolute Gasteiger partial charge is 0.410 e. The first-order valence-electron chi connectivity index (χ1n) is 10.7. The van der Waals surface area contributed by atoms with Gasteiger partial charge in [-0.3, -0.25) is 10.1 Å². The summed E-state index contributed by atoms with van der Waals surface area (Å²) in [4.78, 5) is 25.0. The molecule has 7 nitrogen and oxygen atoms in total. The van der Waals surface area contributed by atoms with Gasteiger partial charge in [0.1, 0.15) is 11.7 Å². The van der Waals surface area contributed by atoms with Gasteiger partial charge in [-0.25, -0.2) is 4.79 Å². The molecule has 0 radical (unpaired) electrons. The Bertz CT molecular complexity index is 652. The van der Waals surface area contributed by atoms with Gasteiger partial charge in [-0.05, 0) is 77.7 Å². The maximum absolute atomic E-state index is 12.3. The number of rotatable bonds is 4. The zero-order chi connectivity index (χ0) is 22.1. The zero-order valence-corrected chi connectivity index (χ0v) is 17.2. The Morgan fingerprint density at radius 3 is 2.44 bits per heavy atom. The maximum Gasteiger partial charge on any atom is 0.410 e. The summed E-state index contributed by atoms with van der Waals surface area (Å²) in [6.07, 6.45) is -0.955. The van der Waals surface area contributed by atoms with Gasteiger partial charge in [0.15, 0.2) is 0 Å². The Morgan fingerprint density at radius 1 is 1.37 bits per heavy atom. The second kappa shape index (κ2) is 8.59. The SMILES string of the molecule is [2H]C1([2H])C(OC(C)C)C([N+](=O)[O-])=CC(C)C1C1CCN(C(=O)OC(C)(C)C)CC1. The molecule has 1 fully saturated rings. The molecule has 27 heavy (non-hydrogen) atoms. The van der Waals surface area contributed by atoms with Crippen LogP contribution in [0.3, 0.4) is 0 Å². The van der Waals surface area contributed by atoms with Crippen molar-refractivity contribution in [3.8, 4) is 0 Å². The number of ether oxygens (including phenoxy) is 2. The van der Waals surface area contributed by atoms with Gasteiger partial charge < -0.3 is 14.4 Å². The Kier molecular flexibility index (Phi) is 5.95. The third kappa shape index (κ3) is 5.92. The van der Waals surface area contributed by atoms with Crippen molar-refractivity contribution >= 4 is 6.09 Å². The number of nitrogens with zero attached hydrogens (tertiary/aromatic N) is 2. The molecular formula is C20H34N2O5. The number of allylic oxidation sites excluding steroid dienone is 1. The average molecular weight is 385 g/mol. The van der Waals surface area contributed by atoms with Gasteiger partial charge >= 0.3 is 6.09 Å². The summed E-state index contributed by atoms with van der Waals surface area (Å²) in [5.74, 6) is -0.715. The molecule has 1 aliphatic heterocycles. The zero-order valence-electron chi connectivity index (χ0n) is 19.2. The summed E-state index contributed by atoms with van der Waals surface area (Å²) in [7, 11) is 0. The van der Waals surface area contributed by atoms with E-state index >= 15 is 0 Å². The standard InChI is InChI=1S/C20H34N2O5/c1-13(2)26-18-12-16(14(3)11-17(18)22(24)25)15-7-9-21(10-8-15)19(23)27-20(4,5)6/h11,13-16,18H,7-10,12H2,1-6H3/i12D2. The molecule has 0 aromatic heterocycles. The minimum absolute atomic E-state index is 0.00139. The van der Waals surface area contributed by atoms with Crippen LogP contribution in [0.4, 0.5) is 4.79 Å². The minimum atomic E-state index is -1.88. The predicted molar refractivity (Wildman–Crippen MR) is 103 cm³/mol. The molecule has 154 valence electrons. The molecule has 0 N–H and O–H groups in total. The number of piperidine rings is 1. The van der Waals surface area contributed by atoms with Gasteiger partial charge in [-0.1, -0.05) is 6.92 Å². The molecule has 1 saturated heterocycles. The predicted octanol–water partition coefficient (Wildman–Crippen LogP) is 4.24. The summed E-state index contributed by atoms with van der Waals surface area (Å²) < 4.78 is 28.7. The summed E-state index contributed by atoms with van der Waals surface area (Å²) in [5, 5.41) is 11.5. The van der Waals surface area contributed by atoms with Crippen LogP contribution >= 0.6 is 0 Å². The number of carbonyl (C=O) groups excluding carboxylic acids is 1. The second-order valence-corrected chi connectivity index (χ2v) is 8.77. The van der Waals surface area contributed by atoms with Crippen molar-refractivity contribution in [2.45, 2.75) is 78.6 Å². The van der Waals surface area contributed by atoms with Crippen LogP contribution in [0.1, 0.15) is 63.5 Å². The highest BCUT2D eigenvalue weighted by Crippen LogP contribution is 2.40. The Hall–Kier alpha value is -1.63. The van der Waals surface area contributed by atoms with Crippen molar-refractivity contribution in [2.75, 3.05) is 13.1 Å². The van der Waals surface area contributed by atoms with E-state index in [4.69, 9.17) is 12.2 Å². The lowest BCUT2D eigenvalue weighted by atomic mass is 9.71. The quantitative estimate of drug-likeness (QED) is 0.535. The number of nitro groups is 1. The third-order valence-electron chi connectivity index (χ3n) is 4.93. The Morgan fingerprint density at radius 2 is 1.96 bits per heavy atom. The highest BCUT2D eigenvalue weighted by Gasteiger charge is 2.41. The van der Waals surface area contributed by atoms with Gasteiger partial charge in [0.25, 0.3) is 5.70 Å².